The highest BCUT2D eigenvalue weighted by atomic mass is 32.2. The molecule has 6 heteroatoms. The van der Waals surface area contributed by atoms with Crippen LogP contribution in [0.25, 0.3) is 0 Å². The van der Waals surface area contributed by atoms with E-state index in [1.807, 2.05) is 42.5 Å². The first kappa shape index (κ1) is 19.3. The number of nitrogens with zero attached hydrogens (tertiary/aromatic N) is 1. The van der Waals surface area contributed by atoms with Gasteiger partial charge in [-0.25, -0.2) is 0 Å². The van der Waals surface area contributed by atoms with Gasteiger partial charge in [0.05, 0.1) is 12.0 Å². The average molecular weight is 407 g/mol. The fourth-order valence-corrected chi connectivity index (χ4v) is 4.33. The van der Waals surface area contributed by atoms with Crippen LogP contribution in [0.4, 0.5) is 5.69 Å². The maximum atomic E-state index is 12.8. The Bertz CT molecular complexity index is 965. The molecule has 0 saturated carbocycles. The molecule has 4 rings (SSSR count). The lowest BCUT2D eigenvalue weighted by Gasteiger charge is -2.30. The third kappa shape index (κ3) is 4.71. The van der Waals surface area contributed by atoms with Gasteiger partial charge in [-0.05, 0) is 49.2 Å². The number of nitrogens with one attached hydrogen (secondary N) is 1. The zero-order valence-electron chi connectivity index (χ0n) is 15.9. The Labute approximate surface area is 174 Å². The van der Waals surface area contributed by atoms with E-state index in [2.05, 4.69) is 17.4 Å². The van der Waals surface area contributed by atoms with Gasteiger partial charge >= 0.3 is 0 Å². The molecule has 2 aromatic carbocycles. The van der Waals surface area contributed by atoms with E-state index in [1.54, 1.807) is 28.8 Å². The summed E-state index contributed by atoms with van der Waals surface area (Å²) in [5, 5.41) is 3.09. The van der Waals surface area contributed by atoms with Crippen molar-refractivity contribution < 1.29 is 14.0 Å². The molecular formula is C23H22N2O3S. The topological polar surface area (TPSA) is 62.6 Å². The normalized spacial score (nSPS) is 14.6. The molecule has 1 aromatic heterocycles. The first-order valence-electron chi connectivity index (χ1n) is 9.66. The first-order chi connectivity index (χ1) is 14.2. The summed E-state index contributed by atoms with van der Waals surface area (Å²) >= 11 is 1.63. The lowest BCUT2D eigenvalue weighted by atomic mass is 9.95. The van der Waals surface area contributed by atoms with Crippen LogP contribution in [0.2, 0.25) is 0 Å². The molecule has 2 heterocycles. The van der Waals surface area contributed by atoms with Gasteiger partial charge in [-0.1, -0.05) is 42.1 Å². The van der Waals surface area contributed by atoms with Crippen LogP contribution in [0.15, 0.2) is 87.2 Å². The summed E-state index contributed by atoms with van der Waals surface area (Å²) in [5.74, 6) is 0.139. The number of hydrogen-bond acceptors (Lipinski definition) is 4. The fraction of sp³-hybridized carbons (Fsp3) is 0.217. The van der Waals surface area contributed by atoms with Crippen molar-refractivity contribution >= 4 is 29.3 Å². The number of rotatable bonds is 5. The van der Waals surface area contributed by atoms with Gasteiger partial charge in [0, 0.05) is 28.8 Å². The van der Waals surface area contributed by atoms with Gasteiger partial charge < -0.3 is 14.6 Å². The zero-order valence-corrected chi connectivity index (χ0v) is 16.7. The highest BCUT2D eigenvalue weighted by Gasteiger charge is 2.29. The van der Waals surface area contributed by atoms with Gasteiger partial charge in [-0.15, -0.1) is 0 Å². The second-order valence-corrected chi connectivity index (χ2v) is 8.06. The number of carbonyl (C=O) groups excluding carboxylic acids is 2. The number of piperidine rings is 1. The summed E-state index contributed by atoms with van der Waals surface area (Å²) < 4.78 is 5.19. The number of para-hydroxylation sites is 1. The summed E-state index contributed by atoms with van der Waals surface area (Å²) in [6.07, 6.45) is 2.79. The van der Waals surface area contributed by atoms with Crippen molar-refractivity contribution in [1.82, 2.24) is 4.90 Å². The summed E-state index contributed by atoms with van der Waals surface area (Å²) in [4.78, 5) is 29.1. The van der Waals surface area contributed by atoms with Crippen LogP contribution in [-0.2, 0) is 4.79 Å². The second kappa shape index (κ2) is 9.01. The van der Waals surface area contributed by atoms with Gasteiger partial charge in [0.1, 0.15) is 0 Å². The third-order valence-electron chi connectivity index (χ3n) is 5.00. The van der Waals surface area contributed by atoms with Crippen LogP contribution in [0.3, 0.4) is 0 Å². The van der Waals surface area contributed by atoms with Crippen molar-refractivity contribution in [2.24, 2.45) is 5.92 Å². The summed E-state index contributed by atoms with van der Waals surface area (Å²) in [7, 11) is 0. The molecule has 0 radical (unpaired) electrons. The van der Waals surface area contributed by atoms with Crippen molar-refractivity contribution in [2.45, 2.75) is 22.6 Å². The summed E-state index contributed by atoms with van der Waals surface area (Å²) in [5.41, 5.74) is 0.820. The lowest BCUT2D eigenvalue weighted by molar-refractivity contribution is -0.121. The van der Waals surface area contributed by atoms with Gasteiger partial charge in [-0.3, -0.25) is 9.59 Å². The molecule has 3 aromatic rings. The van der Waals surface area contributed by atoms with Crippen LogP contribution in [-0.4, -0.2) is 29.8 Å². The summed E-state index contributed by atoms with van der Waals surface area (Å²) in [6.45, 7) is 1.11. The van der Waals surface area contributed by atoms with Gasteiger partial charge in [-0.2, -0.15) is 0 Å². The van der Waals surface area contributed by atoms with E-state index >= 15 is 0 Å². The molecule has 0 unspecified atom stereocenters. The van der Waals surface area contributed by atoms with Crippen LogP contribution in [0, 0.1) is 5.92 Å². The Balaban J connectivity index is 1.36. The Kier molecular flexibility index (Phi) is 6.00. The van der Waals surface area contributed by atoms with Crippen molar-refractivity contribution in [3.8, 4) is 0 Å². The zero-order chi connectivity index (χ0) is 20.1. The van der Waals surface area contributed by atoms with E-state index in [0.29, 0.717) is 31.7 Å². The minimum atomic E-state index is -0.113. The number of benzene rings is 2. The molecule has 2 amide bonds. The van der Waals surface area contributed by atoms with Crippen molar-refractivity contribution in [1.29, 1.82) is 0 Å². The summed E-state index contributed by atoms with van der Waals surface area (Å²) in [6, 6.07) is 21.3. The van der Waals surface area contributed by atoms with E-state index in [1.165, 1.54) is 6.26 Å². The highest BCUT2D eigenvalue weighted by molar-refractivity contribution is 7.99. The largest absolute Gasteiger partial charge is 0.459 e. The molecule has 0 bridgehead atoms. The van der Waals surface area contributed by atoms with E-state index < -0.39 is 0 Å². The molecule has 1 N–H and O–H groups in total. The minimum absolute atomic E-state index is 0.0104. The van der Waals surface area contributed by atoms with Crippen molar-refractivity contribution in [2.75, 3.05) is 18.4 Å². The molecule has 1 fully saturated rings. The lowest BCUT2D eigenvalue weighted by Crippen LogP contribution is -2.41. The fourth-order valence-electron chi connectivity index (χ4n) is 3.41. The van der Waals surface area contributed by atoms with Gasteiger partial charge in [0.2, 0.25) is 5.91 Å². The molecule has 0 atom stereocenters. The SMILES string of the molecule is O=C(Nc1ccccc1Sc1ccccc1)C1CCN(C(=O)c2ccco2)CC1. The van der Waals surface area contributed by atoms with Crippen molar-refractivity contribution in [3.63, 3.8) is 0 Å². The van der Waals surface area contributed by atoms with Crippen LogP contribution >= 0.6 is 11.8 Å². The third-order valence-corrected chi connectivity index (χ3v) is 6.08. The molecular weight excluding hydrogens is 384 g/mol. The highest BCUT2D eigenvalue weighted by Crippen LogP contribution is 2.33. The van der Waals surface area contributed by atoms with Gasteiger partial charge in [0.25, 0.3) is 5.91 Å². The maximum Gasteiger partial charge on any atom is 0.289 e. The minimum Gasteiger partial charge on any atom is -0.459 e. The maximum absolute atomic E-state index is 12.8. The van der Waals surface area contributed by atoms with Crippen LogP contribution < -0.4 is 5.32 Å². The predicted octanol–water partition coefficient (Wildman–Crippen LogP) is 4.92. The molecule has 1 aliphatic heterocycles. The molecule has 1 saturated heterocycles. The monoisotopic (exact) mass is 406 g/mol. The van der Waals surface area contributed by atoms with E-state index in [9.17, 15) is 9.59 Å². The smallest absolute Gasteiger partial charge is 0.289 e. The Hall–Kier alpha value is -2.99. The molecule has 0 aliphatic carbocycles. The molecule has 148 valence electrons. The second-order valence-electron chi connectivity index (χ2n) is 6.94. The first-order valence-corrected chi connectivity index (χ1v) is 10.5. The standard InChI is InChI=1S/C23H22N2O3S/c26-22(17-12-14-25(15-13-17)23(27)20-10-6-16-28-20)24-19-9-4-5-11-21(19)29-18-7-2-1-3-8-18/h1-11,16-17H,12-15H2,(H,24,26). The van der Waals surface area contributed by atoms with E-state index in [-0.39, 0.29) is 17.7 Å². The average Bonchev–Trinajstić information content (AvgIpc) is 3.30. The van der Waals surface area contributed by atoms with Crippen LogP contribution in [0.1, 0.15) is 23.4 Å². The van der Waals surface area contributed by atoms with Crippen molar-refractivity contribution in [3.05, 3.63) is 78.8 Å². The molecule has 1 aliphatic rings. The number of amides is 2. The number of hydrogen-bond donors (Lipinski definition) is 1. The quantitative estimate of drug-likeness (QED) is 0.653. The number of carbonyl (C=O) groups is 2. The van der Waals surface area contributed by atoms with Gasteiger partial charge in [0.15, 0.2) is 5.76 Å². The Morgan fingerprint density at radius 3 is 2.38 bits per heavy atom. The van der Waals surface area contributed by atoms with E-state index in [0.717, 1.165) is 15.5 Å². The van der Waals surface area contributed by atoms with Crippen LogP contribution in [0.5, 0.6) is 0 Å². The Morgan fingerprint density at radius 2 is 1.66 bits per heavy atom. The molecule has 0 spiro atoms. The predicted molar refractivity (Wildman–Crippen MR) is 113 cm³/mol. The number of anilines is 1. The van der Waals surface area contributed by atoms with E-state index in [4.69, 9.17) is 4.42 Å². The number of furan rings is 1. The number of likely N-dealkylation sites (tertiary alicyclic amines) is 1. The molecule has 5 nitrogen and oxygen atoms in total. The Morgan fingerprint density at radius 1 is 0.931 bits per heavy atom. The molecule has 29 heavy (non-hydrogen) atoms.